The number of alkyl halides is 3. The summed E-state index contributed by atoms with van der Waals surface area (Å²) >= 11 is 0. The quantitative estimate of drug-likeness (QED) is 0.206. The lowest BCUT2D eigenvalue weighted by atomic mass is 10.0. The van der Waals surface area contributed by atoms with E-state index in [1.807, 2.05) is 28.2 Å². The molecule has 0 radical (unpaired) electrons. The molecule has 0 saturated carbocycles. The first-order valence-corrected chi connectivity index (χ1v) is 16.8. The highest BCUT2D eigenvalue weighted by Crippen LogP contribution is 2.31. The number of halogens is 3. The molecular weight excluding hydrogens is 525 g/mol. The highest BCUT2D eigenvalue weighted by atomic mass is 28.3. The Hall–Kier alpha value is -2.80. The topological polar surface area (TPSA) is 107 Å². The second-order valence-electron chi connectivity index (χ2n) is 11.3. The molecule has 1 unspecified atom stereocenters. The van der Waals surface area contributed by atoms with Gasteiger partial charge in [-0.15, -0.1) is 0 Å². The van der Waals surface area contributed by atoms with Gasteiger partial charge in [0.25, 0.3) is 0 Å². The number of fused-ring (bicyclic) bond motifs is 1. The summed E-state index contributed by atoms with van der Waals surface area (Å²) in [6, 6.07) is 4.24. The summed E-state index contributed by atoms with van der Waals surface area (Å²) in [7, 11) is -1.21. The largest absolute Gasteiger partial charge is 0.405 e. The zero-order valence-corrected chi connectivity index (χ0v) is 24.2. The average Bonchev–Trinajstić information content (AvgIpc) is 3.22. The number of carbonyl (C=O) groups excluding carboxylic acids is 1. The van der Waals surface area contributed by atoms with E-state index in [-0.39, 0.29) is 12.5 Å². The molecule has 0 aliphatic rings. The number of carbonyl (C=O) groups is 1. The molecule has 3 heterocycles. The number of ether oxygens (including phenoxy) is 1. The Morgan fingerprint density at radius 2 is 1.90 bits per heavy atom. The second-order valence-corrected chi connectivity index (χ2v) is 16.9. The maximum Gasteiger partial charge on any atom is 0.405 e. The minimum atomic E-state index is -4.47. The predicted molar refractivity (Wildman–Crippen MR) is 149 cm³/mol. The minimum Gasteiger partial charge on any atom is -0.361 e. The van der Waals surface area contributed by atoms with E-state index in [2.05, 4.69) is 34.9 Å². The number of nitrogens with two attached hydrogens (primary N) is 1. The van der Waals surface area contributed by atoms with Gasteiger partial charge in [0.15, 0.2) is 0 Å². The van der Waals surface area contributed by atoms with Gasteiger partial charge in [0, 0.05) is 69.1 Å². The highest BCUT2D eigenvalue weighted by Gasteiger charge is 2.30. The fourth-order valence-corrected chi connectivity index (χ4v) is 4.84. The van der Waals surface area contributed by atoms with Crippen LogP contribution >= 0.6 is 0 Å². The molecule has 0 aliphatic carbocycles. The third-order valence-electron chi connectivity index (χ3n) is 6.28. The van der Waals surface area contributed by atoms with Crippen LogP contribution in [0.3, 0.4) is 0 Å². The third-order valence-corrected chi connectivity index (χ3v) is 7.98. The summed E-state index contributed by atoms with van der Waals surface area (Å²) in [5.74, 6) is -0.905. The summed E-state index contributed by atoms with van der Waals surface area (Å²) < 4.78 is 45.7. The molecule has 12 heteroatoms. The fraction of sp³-hybridized carbons (Fsp3) is 0.519. The first kappa shape index (κ1) is 30.7. The van der Waals surface area contributed by atoms with Gasteiger partial charge in [0.1, 0.15) is 18.9 Å². The average molecular weight is 565 g/mol. The standard InChI is InChI=1S/C27H39F3N6O2Si/c1-18(2)24(26(37)35-16-27(28,29)30)33-13-20-8-21(14-32-11-20)23-15-36(17-38-6-7-39(3,4)5)25-22(23)9-19(10-31)12-34-25/h8-9,11-12,14-15,18,24,33H,6-7,10,13,16-17,31H2,1-5H3,(H,35,37). The molecular formula is C27H39F3N6O2Si. The van der Waals surface area contributed by atoms with Crippen LogP contribution in [0.1, 0.15) is 25.0 Å². The number of hydrogen-bond acceptors (Lipinski definition) is 6. The molecule has 3 aromatic rings. The van der Waals surface area contributed by atoms with Crippen LogP contribution in [0.2, 0.25) is 25.7 Å². The van der Waals surface area contributed by atoms with Gasteiger partial charge in [0.2, 0.25) is 5.91 Å². The van der Waals surface area contributed by atoms with E-state index in [0.717, 1.165) is 39.3 Å². The van der Waals surface area contributed by atoms with Crippen LogP contribution < -0.4 is 16.4 Å². The predicted octanol–water partition coefficient (Wildman–Crippen LogP) is 4.66. The van der Waals surface area contributed by atoms with Gasteiger partial charge in [-0.3, -0.25) is 9.78 Å². The van der Waals surface area contributed by atoms with Crippen molar-refractivity contribution in [1.82, 2.24) is 25.2 Å². The number of aromatic nitrogens is 3. The molecule has 4 N–H and O–H groups in total. The number of nitrogens with one attached hydrogen (secondary N) is 2. The van der Waals surface area contributed by atoms with Crippen LogP contribution in [0, 0.1) is 5.92 Å². The van der Waals surface area contributed by atoms with E-state index in [1.165, 1.54) is 0 Å². The fourth-order valence-electron chi connectivity index (χ4n) is 4.08. The molecule has 0 saturated heterocycles. The molecule has 214 valence electrons. The van der Waals surface area contributed by atoms with Crippen molar-refractivity contribution in [3.05, 3.63) is 48.0 Å². The molecule has 3 aromatic heterocycles. The van der Waals surface area contributed by atoms with E-state index in [9.17, 15) is 18.0 Å². The van der Waals surface area contributed by atoms with Crippen LogP contribution in [-0.2, 0) is 29.4 Å². The van der Waals surface area contributed by atoms with E-state index < -0.39 is 32.7 Å². The SMILES string of the molecule is CC(C)C(NCc1cncc(-c2cn(COCC[Si](C)(C)C)c3ncc(CN)cc23)c1)C(=O)NCC(F)(F)F. The molecule has 39 heavy (non-hydrogen) atoms. The molecule has 0 aromatic carbocycles. The van der Waals surface area contributed by atoms with Crippen LogP contribution in [-0.4, -0.2) is 53.9 Å². The van der Waals surface area contributed by atoms with Crippen molar-refractivity contribution in [3.8, 4) is 11.1 Å². The van der Waals surface area contributed by atoms with Gasteiger partial charge in [-0.05, 0) is 35.2 Å². The van der Waals surface area contributed by atoms with Crippen LogP contribution in [0.15, 0.2) is 36.9 Å². The van der Waals surface area contributed by atoms with Crippen LogP contribution in [0.4, 0.5) is 13.2 Å². The van der Waals surface area contributed by atoms with Gasteiger partial charge in [0.05, 0.1) is 6.04 Å². The summed E-state index contributed by atoms with van der Waals surface area (Å²) in [6.45, 7) is 10.8. The van der Waals surface area contributed by atoms with Crippen molar-refractivity contribution in [2.45, 2.75) is 71.6 Å². The Morgan fingerprint density at radius 1 is 1.15 bits per heavy atom. The monoisotopic (exact) mass is 564 g/mol. The first-order valence-electron chi connectivity index (χ1n) is 13.0. The Morgan fingerprint density at radius 3 is 2.54 bits per heavy atom. The van der Waals surface area contributed by atoms with E-state index in [0.29, 0.717) is 19.9 Å². The molecule has 8 nitrogen and oxygen atoms in total. The van der Waals surface area contributed by atoms with Crippen molar-refractivity contribution >= 4 is 25.0 Å². The number of rotatable bonds is 13. The minimum absolute atomic E-state index is 0.214. The maximum absolute atomic E-state index is 12.6. The number of hydrogen-bond donors (Lipinski definition) is 3. The van der Waals surface area contributed by atoms with Crippen molar-refractivity contribution < 1.29 is 22.7 Å². The summed E-state index contributed by atoms with van der Waals surface area (Å²) in [5, 5.41) is 5.98. The summed E-state index contributed by atoms with van der Waals surface area (Å²) in [6.07, 6.45) is 2.71. The van der Waals surface area contributed by atoms with Gasteiger partial charge in [-0.1, -0.05) is 33.5 Å². The van der Waals surface area contributed by atoms with Gasteiger partial charge in [-0.2, -0.15) is 13.2 Å². The normalized spacial score (nSPS) is 13.3. The Labute approximate surface area is 228 Å². The lowest BCUT2D eigenvalue weighted by Gasteiger charge is -2.22. The van der Waals surface area contributed by atoms with Crippen molar-refractivity contribution in [1.29, 1.82) is 0 Å². The third kappa shape index (κ3) is 9.13. The molecule has 3 rings (SSSR count). The zero-order valence-electron chi connectivity index (χ0n) is 23.2. The van der Waals surface area contributed by atoms with Gasteiger partial charge >= 0.3 is 6.18 Å². The smallest absolute Gasteiger partial charge is 0.361 e. The Kier molecular flexibility index (Phi) is 10.3. The van der Waals surface area contributed by atoms with Crippen molar-refractivity contribution in [2.24, 2.45) is 11.7 Å². The van der Waals surface area contributed by atoms with E-state index in [1.54, 1.807) is 32.4 Å². The molecule has 1 atom stereocenters. The van der Waals surface area contributed by atoms with Crippen LogP contribution in [0.5, 0.6) is 0 Å². The Bertz CT molecular complexity index is 1260. The molecule has 0 spiro atoms. The number of nitrogens with zero attached hydrogens (tertiary/aromatic N) is 3. The van der Waals surface area contributed by atoms with Gasteiger partial charge < -0.3 is 25.7 Å². The summed E-state index contributed by atoms with van der Waals surface area (Å²) in [5.41, 5.74) is 10.1. The van der Waals surface area contributed by atoms with Gasteiger partial charge in [-0.25, -0.2) is 4.98 Å². The number of pyridine rings is 2. The lowest BCUT2D eigenvalue weighted by molar-refractivity contribution is -0.140. The molecule has 0 fully saturated rings. The zero-order chi connectivity index (χ0) is 28.8. The van der Waals surface area contributed by atoms with Crippen LogP contribution in [0.25, 0.3) is 22.2 Å². The van der Waals surface area contributed by atoms with E-state index in [4.69, 9.17) is 10.5 Å². The Balaban J connectivity index is 1.81. The number of amides is 1. The van der Waals surface area contributed by atoms with Crippen molar-refractivity contribution in [2.75, 3.05) is 13.2 Å². The second kappa shape index (κ2) is 13.0. The molecule has 0 bridgehead atoms. The lowest BCUT2D eigenvalue weighted by Crippen LogP contribution is -2.49. The highest BCUT2D eigenvalue weighted by molar-refractivity contribution is 6.76. The van der Waals surface area contributed by atoms with E-state index >= 15 is 0 Å². The summed E-state index contributed by atoms with van der Waals surface area (Å²) in [4.78, 5) is 21.4. The molecule has 1 amide bonds. The first-order chi connectivity index (χ1) is 18.3. The molecule has 0 aliphatic heterocycles. The maximum atomic E-state index is 12.6. The van der Waals surface area contributed by atoms with Crippen molar-refractivity contribution in [3.63, 3.8) is 0 Å².